The molecular weight excluding hydrogens is 224 g/mol. The fourth-order valence-corrected chi connectivity index (χ4v) is 2.28. The van der Waals surface area contributed by atoms with E-state index in [-0.39, 0.29) is 6.04 Å². The number of methoxy groups -OCH3 is 1. The molecule has 0 aliphatic heterocycles. The van der Waals surface area contributed by atoms with Crippen molar-refractivity contribution in [2.75, 3.05) is 7.11 Å². The van der Waals surface area contributed by atoms with Crippen molar-refractivity contribution in [3.63, 3.8) is 0 Å². The summed E-state index contributed by atoms with van der Waals surface area (Å²) in [7, 11) is 1.71. The molecule has 2 atom stereocenters. The highest BCUT2D eigenvalue weighted by atomic mass is 16.5. The number of rotatable bonds is 5. The van der Waals surface area contributed by atoms with Crippen molar-refractivity contribution in [3.05, 3.63) is 28.8 Å². The van der Waals surface area contributed by atoms with Gasteiger partial charge < -0.3 is 4.74 Å². The van der Waals surface area contributed by atoms with E-state index in [1.807, 2.05) is 0 Å². The van der Waals surface area contributed by atoms with E-state index in [4.69, 9.17) is 10.6 Å². The van der Waals surface area contributed by atoms with Gasteiger partial charge in [-0.15, -0.1) is 0 Å². The highest BCUT2D eigenvalue weighted by Gasteiger charge is 2.23. The number of aryl methyl sites for hydroxylation is 2. The first-order valence-corrected chi connectivity index (χ1v) is 6.53. The summed E-state index contributed by atoms with van der Waals surface area (Å²) in [5, 5.41) is 0. The molecule has 0 saturated heterocycles. The van der Waals surface area contributed by atoms with Crippen molar-refractivity contribution in [1.82, 2.24) is 5.43 Å². The molecule has 2 unspecified atom stereocenters. The summed E-state index contributed by atoms with van der Waals surface area (Å²) in [5.41, 5.74) is 6.59. The van der Waals surface area contributed by atoms with Crippen molar-refractivity contribution in [2.24, 2.45) is 17.7 Å². The lowest BCUT2D eigenvalue weighted by molar-refractivity contribution is 0.305. The van der Waals surface area contributed by atoms with E-state index in [1.54, 1.807) is 7.11 Å². The quantitative estimate of drug-likeness (QED) is 0.623. The molecule has 1 aromatic rings. The van der Waals surface area contributed by atoms with Gasteiger partial charge in [0.05, 0.1) is 7.11 Å². The van der Waals surface area contributed by atoms with Crippen LogP contribution in [-0.2, 0) is 0 Å². The number of benzene rings is 1. The molecule has 0 bridgehead atoms. The van der Waals surface area contributed by atoms with Crippen molar-refractivity contribution >= 4 is 0 Å². The molecule has 3 nitrogen and oxygen atoms in total. The Morgan fingerprint density at radius 3 is 2.17 bits per heavy atom. The molecule has 1 aromatic carbocycles. The first-order chi connectivity index (χ1) is 8.42. The fraction of sp³-hybridized carbons (Fsp3) is 0.600. The van der Waals surface area contributed by atoms with Gasteiger partial charge in [0, 0.05) is 6.04 Å². The summed E-state index contributed by atoms with van der Waals surface area (Å²) in [6.45, 7) is 10.8. The van der Waals surface area contributed by atoms with Gasteiger partial charge in [-0.3, -0.25) is 11.3 Å². The first kappa shape index (κ1) is 15.0. The van der Waals surface area contributed by atoms with E-state index in [1.165, 1.54) is 11.1 Å². The highest BCUT2D eigenvalue weighted by Crippen LogP contribution is 2.32. The van der Waals surface area contributed by atoms with Crippen LogP contribution in [-0.4, -0.2) is 7.11 Å². The summed E-state index contributed by atoms with van der Waals surface area (Å²) in [6, 6.07) is 4.44. The number of nitrogens with one attached hydrogen (secondary N) is 1. The highest BCUT2D eigenvalue weighted by molar-refractivity contribution is 5.43. The lowest BCUT2D eigenvalue weighted by Crippen LogP contribution is -2.35. The maximum Gasteiger partial charge on any atom is 0.122 e. The normalized spacial score (nSPS) is 14.7. The summed E-state index contributed by atoms with van der Waals surface area (Å²) in [6.07, 6.45) is 0. The van der Waals surface area contributed by atoms with Gasteiger partial charge in [-0.25, -0.2) is 0 Å². The van der Waals surface area contributed by atoms with Gasteiger partial charge in [0.15, 0.2) is 0 Å². The summed E-state index contributed by atoms with van der Waals surface area (Å²) in [5.74, 6) is 7.74. The van der Waals surface area contributed by atoms with Crippen LogP contribution < -0.4 is 16.0 Å². The maximum atomic E-state index is 5.75. The van der Waals surface area contributed by atoms with Gasteiger partial charge in [-0.2, -0.15) is 0 Å². The zero-order chi connectivity index (χ0) is 13.9. The number of hydrazine groups is 1. The van der Waals surface area contributed by atoms with E-state index in [2.05, 4.69) is 52.2 Å². The second-order valence-corrected chi connectivity index (χ2v) is 5.43. The lowest BCUT2D eigenvalue weighted by Gasteiger charge is -2.28. The molecule has 0 heterocycles. The van der Waals surface area contributed by atoms with E-state index >= 15 is 0 Å². The molecule has 3 heteroatoms. The minimum atomic E-state index is 0.176. The largest absolute Gasteiger partial charge is 0.496 e. The molecule has 0 aliphatic rings. The molecule has 0 amide bonds. The van der Waals surface area contributed by atoms with E-state index in [0.29, 0.717) is 11.8 Å². The monoisotopic (exact) mass is 250 g/mol. The summed E-state index contributed by atoms with van der Waals surface area (Å²) in [4.78, 5) is 0. The van der Waals surface area contributed by atoms with Gasteiger partial charge in [0.25, 0.3) is 0 Å². The predicted molar refractivity (Wildman–Crippen MR) is 76.5 cm³/mol. The van der Waals surface area contributed by atoms with Crippen LogP contribution in [0.5, 0.6) is 5.75 Å². The van der Waals surface area contributed by atoms with Gasteiger partial charge in [-0.1, -0.05) is 26.8 Å². The molecule has 18 heavy (non-hydrogen) atoms. The van der Waals surface area contributed by atoms with Gasteiger partial charge in [0.2, 0.25) is 0 Å². The number of nitrogens with two attached hydrogens (primary N) is 1. The molecular formula is C15H26N2O. The third-order valence-electron chi connectivity index (χ3n) is 3.88. The number of hydrogen-bond acceptors (Lipinski definition) is 3. The van der Waals surface area contributed by atoms with Crippen molar-refractivity contribution in [2.45, 2.75) is 40.7 Å². The van der Waals surface area contributed by atoms with Gasteiger partial charge >= 0.3 is 0 Å². The second kappa shape index (κ2) is 6.21. The molecule has 3 N–H and O–H groups in total. The molecule has 0 radical (unpaired) electrons. The first-order valence-electron chi connectivity index (χ1n) is 6.53. The number of hydrogen-bond donors (Lipinski definition) is 2. The smallest absolute Gasteiger partial charge is 0.122 e. The number of ether oxygens (including phenoxy) is 1. The zero-order valence-electron chi connectivity index (χ0n) is 12.4. The van der Waals surface area contributed by atoms with Crippen molar-refractivity contribution in [3.8, 4) is 5.75 Å². The molecule has 102 valence electrons. The topological polar surface area (TPSA) is 47.3 Å². The Morgan fingerprint density at radius 2 is 1.72 bits per heavy atom. The van der Waals surface area contributed by atoms with Crippen molar-refractivity contribution < 1.29 is 4.74 Å². The van der Waals surface area contributed by atoms with Crippen LogP contribution in [0.15, 0.2) is 12.1 Å². The molecule has 1 rings (SSSR count). The van der Waals surface area contributed by atoms with Gasteiger partial charge in [-0.05, 0) is 48.4 Å². The SMILES string of the molecule is COc1cc(C)c(C(NN)C(C)C(C)C)cc1C. The third-order valence-corrected chi connectivity index (χ3v) is 3.88. The Morgan fingerprint density at radius 1 is 1.11 bits per heavy atom. The lowest BCUT2D eigenvalue weighted by atomic mass is 9.84. The average Bonchev–Trinajstić information content (AvgIpc) is 2.33. The van der Waals surface area contributed by atoms with Crippen LogP contribution in [0.1, 0.15) is 43.5 Å². The Hall–Kier alpha value is -1.06. The molecule has 0 aliphatic carbocycles. The van der Waals surface area contributed by atoms with Crippen LogP contribution >= 0.6 is 0 Å². The van der Waals surface area contributed by atoms with Crippen LogP contribution in [0.3, 0.4) is 0 Å². The molecule has 0 saturated carbocycles. The molecule has 0 aromatic heterocycles. The van der Waals surface area contributed by atoms with Crippen LogP contribution in [0, 0.1) is 25.7 Å². The van der Waals surface area contributed by atoms with Crippen molar-refractivity contribution in [1.29, 1.82) is 0 Å². The third kappa shape index (κ3) is 3.03. The Bertz CT molecular complexity index is 402. The van der Waals surface area contributed by atoms with Crippen LogP contribution in [0.4, 0.5) is 0 Å². The fourth-order valence-electron chi connectivity index (χ4n) is 2.28. The van der Waals surface area contributed by atoms with E-state index in [9.17, 15) is 0 Å². The Balaban J connectivity index is 3.18. The van der Waals surface area contributed by atoms with Crippen LogP contribution in [0.2, 0.25) is 0 Å². The Labute approximate surface area is 111 Å². The zero-order valence-corrected chi connectivity index (χ0v) is 12.4. The molecule has 0 fully saturated rings. The minimum absolute atomic E-state index is 0.176. The molecule has 0 spiro atoms. The average molecular weight is 250 g/mol. The maximum absolute atomic E-state index is 5.75. The van der Waals surface area contributed by atoms with E-state index < -0.39 is 0 Å². The summed E-state index contributed by atoms with van der Waals surface area (Å²) < 4.78 is 5.35. The standard InChI is InChI=1S/C15H26N2O/c1-9(2)12(5)15(17-16)13-7-11(4)14(18-6)8-10(13)3/h7-9,12,15,17H,16H2,1-6H3. The van der Waals surface area contributed by atoms with Crippen LogP contribution in [0.25, 0.3) is 0 Å². The second-order valence-electron chi connectivity index (χ2n) is 5.43. The summed E-state index contributed by atoms with van der Waals surface area (Å²) >= 11 is 0. The minimum Gasteiger partial charge on any atom is -0.496 e. The van der Waals surface area contributed by atoms with E-state index in [0.717, 1.165) is 11.3 Å². The van der Waals surface area contributed by atoms with Gasteiger partial charge in [0.1, 0.15) is 5.75 Å². The Kier molecular flexibility index (Phi) is 5.17. The predicted octanol–water partition coefficient (Wildman–Crippen LogP) is 3.11.